The Morgan fingerprint density at radius 2 is 2.08 bits per heavy atom. The minimum Gasteiger partial charge on any atom is -0.344 e. The highest BCUT2D eigenvalue weighted by atomic mass is 79.9. The Kier molecular flexibility index (Phi) is 6.86. The first-order chi connectivity index (χ1) is 6.00. The van der Waals surface area contributed by atoms with Gasteiger partial charge >= 0.3 is 0 Å². The van der Waals surface area contributed by atoms with Crippen molar-refractivity contribution in [3.05, 3.63) is 0 Å². The highest BCUT2D eigenvalue weighted by Gasteiger charge is 2.21. The predicted octanol–water partition coefficient (Wildman–Crippen LogP) is 2.23. The monoisotopic (exact) mass is 267 g/mol. The van der Waals surface area contributed by atoms with E-state index in [9.17, 15) is 4.79 Å². The normalized spacial score (nSPS) is 13.1. The number of halogens is 1. The van der Waals surface area contributed by atoms with Crippen LogP contribution in [0.1, 0.15) is 13.8 Å². The number of nitrogens with zero attached hydrogens (tertiary/aromatic N) is 1. The highest BCUT2D eigenvalue weighted by Crippen LogP contribution is 2.14. The fourth-order valence-corrected chi connectivity index (χ4v) is 1.64. The van der Waals surface area contributed by atoms with Crippen LogP contribution in [0.15, 0.2) is 0 Å². The van der Waals surface area contributed by atoms with Crippen LogP contribution in [0.25, 0.3) is 0 Å². The molecule has 0 aliphatic heterocycles. The lowest BCUT2D eigenvalue weighted by atomic mass is 10.1. The molecule has 0 spiro atoms. The van der Waals surface area contributed by atoms with Gasteiger partial charge in [0.25, 0.3) is 0 Å². The molecule has 0 rings (SSSR count). The summed E-state index contributed by atoms with van der Waals surface area (Å²) in [7, 11) is 1.86. The maximum Gasteiger partial charge on any atom is 0.236 e. The quantitative estimate of drug-likeness (QED) is 0.713. The van der Waals surface area contributed by atoms with Gasteiger partial charge in [-0.2, -0.15) is 11.8 Å². The van der Waals surface area contributed by atoms with Crippen LogP contribution in [0.5, 0.6) is 0 Å². The molecular formula is C9H18BrNOS. The Morgan fingerprint density at radius 3 is 2.46 bits per heavy atom. The zero-order chi connectivity index (χ0) is 10.4. The van der Waals surface area contributed by atoms with Gasteiger partial charge in [-0.15, -0.1) is 0 Å². The molecule has 0 fully saturated rings. The van der Waals surface area contributed by atoms with E-state index in [-0.39, 0.29) is 10.7 Å². The van der Waals surface area contributed by atoms with E-state index in [0.29, 0.717) is 5.92 Å². The van der Waals surface area contributed by atoms with E-state index in [1.807, 2.05) is 27.2 Å². The molecule has 1 unspecified atom stereocenters. The lowest BCUT2D eigenvalue weighted by Crippen LogP contribution is -2.37. The van der Waals surface area contributed by atoms with Gasteiger partial charge in [-0.1, -0.05) is 29.8 Å². The molecule has 13 heavy (non-hydrogen) atoms. The molecule has 0 bridgehead atoms. The van der Waals surface area contributed by atoms with Crippen molar-refractivity contribution in [3.63, 3.8) is 0 Å². The lowest BCUT2D eigenvalue weighted by molar-refractivity contribution is -0.129. The molecule has 0 saturated carbocycles. The molecule has 4 heteroatoms. The predicted molar refractivity (Wildman–Crippen MR) is 63.6 cm³/mol. The molecule has 2 nitrogen and oxygen atoms in total. The maximum atomic E-state index is 11.7. The van der Waals surface area contributed by atoms with E-state index in [0.717, 1.165) is 12.3 Å². The van der Waals surface area contributed by atoms with E-state index < -0.39 is 0 Å². The fourth-order valence-electron chi connectivity index (χ4n) is 0.834. The zero-order valence-electron chi connectivity index (χ0n) is 8.71. The molecule has 0 heterocycles. The maximum absolute atomic E-state index is 11.7. The van der Waals surface area contributed by atoms with Crippen molar-refractivity contribution >= 4 is 33.6 Å². The van der Waals surface area contributed by atoms with Crippen molar-refractivity contribution in [2.24, 2.45) is 5.92 Å². The number of rotatable bonds is 5. The van der Waals surface area contributed by atoms with Crippen LogP contribution >= 0.6 is 27.7 Å². The van der Waals surface area contributed by atoms with Gasteiger partial charge in [-0.05, 0) is 12.2 Å². The number of amides is 1. The average molecular weight is 268 g/mol. The Bertz CT molecular complexity index is 164. The van der Waals surface area contributed by atoms with Crippen LogP contribution in [0.2, 0.25) is 0 Å². The van der Waals surface area contributed by atoms with Gasteiger partial charge in [0.05, 0.1) is 4.83 Å². The molecule has 1 amide bonds. The van der Waals surface area contributed by atoms with E-state index in [4.69, 9.17) is 0 Å². The van der Waals surface area contributed by atoms with Crippen molar-refractivity contribution in [2.75, 3.05) is 25.6 Å². The summed E-state index contributed by atoms with van der Waals surface area (Å²) >= 11 is 5.16. The van der Waals surface area contributed by atoms with Crippen LogP contribution in [0.3, 0.4) is 0 Å². The second kappa shape index (κ2) is 6.71. The van der Waals surface area contributed by atoms with Crippen LogP contribution in [-0.2, 0) is 4.79 Å². The minimum atomic E-state index is -0.0423. The number of hydrogen-bond donors (Lipinski definition) is 0. The minimum absolute atomic E-state index is 0.0423. The summed E-state index contributed by atoms with van der Waals surface area (Å²) in [5, 5.41) is 0. The Balaban J connectivity index is 3.94. The van der Waals surface area contributed by atoms with Crippen LogP contribution < -0.4 is 0 Å². The van der Waals surface area contributed by atoms with Gasteiger partial charge in [0, 0.05) is 19.3 Å². The highest BCUT2D eigenvalue weighted by molar-refractivity contribution is 9.10. The summed E-state index contributed by atoms with van der Waals surface area (Å²) in [5.74, 6) is 1.54. The lowest BCUT2D eigenvalue weighted by Gasteiger charge is -2.21. The smallest absolute Gasteiger partial charge is 0.236 e. The molecule has 0 N–H and O–H groups in total. The van der Waals surface area contributed by atoms with E-state index in [1.54, 1.807) is 16.7 Å². The molecular weight excluding hydrogens is 250 g/mol. The van der Waals surface area contributed by atoms with Gasteiger partial charge in [-0.3, -0.25) is 4.79 Å². The molecule has 0 aromatic heterocycles. The summed E-state index contributed by atoms with van der Waals surface area (Å²) in [5.41, 5.74) is 0. The van der Waals surface area contributed by atoms with Gasteiger partial charge < -0.3 is 4.90 Å². The summed E-state index contributed by atoms with van der Waals surface area (Å²) in [6, 6.07) is 0. The first kappa shape index (κ1) is 13.3. The number of hydrogen-bond acceptors (Lipinski definition) is 2. The van der Waals surface area contributed by atoms with Gasteiger partial charge in [0.15, 0.2) is 0 Å². The number of carbonyl (C=O) groups excluding carboxylic acids is 1. The van der Waals surface area contributed by atoms with E-state index in [1.165, 1.54) is 0 Å². The average Bonchev–Trinajstić information content (AvgIpc) is 2.11. The van der Waals surface area contributed by atoms with Crippen LogP contribution in [-0.4, -0.2) is 41.2 Å². The number of carbonyl (C=O) groups is 1. The van der Waals surface area contributed by atoms with Crippen molar-refractivity contribution in [2.45, 2.75) is 18.7 Å². The fraction of sp³-hybridized carbons (Fsp3) is 0.889. The van der Waals surface area contributed by atoms with Crippen molar-refractivity contribution in [3.8, 4) is 0 Å². The number of alkyl halides is 1. The van der Waals surface area contributed by atoms with Gasteiger partial charge in [0.2, 0.25) is 5.91 Å². The van der Waals surface area contributed by atoms with Crippen LogP contribution in [0.4, 0.5) is 0 Å². The summed E-state index contributed by atoms with van der Waals surface area (Å²) in [6.07, 6.45) is 2.05. The molecule has 1 atom stereocenters. The second-order valence-corrected chi connectivity index (χ2v) is 5.37. The topological polar surface area (TPSA) is 20.3 Å². The Morgan fingerprint density at radius 1 is 1.54 bits per heavy atom. The van der Waals surface area contributed by atoms with Crippen molar-refractivity contribution in [1.29, 1.82) is 0 Å². The molecule has 0 aromatic rings. The molecule has 78 valence electrons. The van der Waals surface area contributed by atoms with Crippen molar-refractivity contribution in [1.82, 2.24) is 4.90 Å². The summed E-state index contributed by atoms with van der Waals surface area (Å²) in [6.45, 7) is 4.91. The number of thioether (sulfide) groups is 1. The first-order valence-electron chi connectivity index (χ1n) is 4.38. The third kappa shape index (κ3) is 4.91. The standard InChI is InChI=1S/C9H18BrNOS/c1-7(2)8(10)9(12)11(3)5-6-13-4/h7-8H,5-6H2,1-4H3. The van der Waals surface area contributed by atoms with Gasteiger partial charge in [-0.25, -0.2) is 0 Å². The third-order valence-electron chi connectivity index (χ3n) is 1.83. The molecule has 0 radical (unpaired) electrons. The molecule has 0 aliphatic rings. The van der Waals surface area contributed by atoms with E-state index >= 15 is 0 Å². The molecule has 0 aliphatic carbocycles. The van der Waals surface area contributed by atoms with Crippen LogP contribution in [0, 0.1) is 5.92 Å². The zero-order valence-corrected chi connectivity index (χ0v) is 11.1. The Labute approximate surface area is 93.6 Å². The summed E-state index contributed by atoms with van der Waals surface area (Å²) < 4.78 is 0. The summed E-state index contributed by atoms with van der Waals surface area (Å²) in [4.78, 5) is 13.4. The first-order valence-corrected chi connectivity index (χ1v) is 6.69. The molecule has 0 aromatic carbocycles. The van der Waals surface area contributed by atoms with Gasteiger partial charge in [0.1, 0.15) is 0 Å². The largest absolute Gasteiger partial charge is 0.344 e. The van der Waals surface area contributed by atoms with Crippen molar-refractivity contribution < 1.29 is 4.79 Å². The third-order valence-corrected chi connectivity index (χ3v) is 3.87. The second-order valence-electron chi connectivity index (χ2n) is 3.40. The SMILES string of the molecule is CSCCN(C)C(=O)C(Br)C(C)C. The molecule has 0 saturated heterocycles. The van der Waals surface area contributed by atoms with E-state index in [2.05, 4.69) is 15.9 Å². The Hall–Kier alpha value is 0.300.